The zero-order valence-electron chi connectivity index (χ0n) is 7.10. The van der Waals surface area contributed by atoms with Gasteiger partial charge in [-0.25, -0.2) is 4.68 Å². The predicted molar refractivity (Wildman–Crippen MR) is 44.2 cm³/mol. The van der Waals surface area contributed by atoms with E-state index in [2.05, 4.69) is 9.79 Å². The monoisotopic (exact) mass is 201 g/mol. The Labute approximate surface area is 77.7 Å². The van der Waals surface area contributed by atoms with Crippen LogP contribution in [0.15, 0.2) is 10.7 Å². The van der Waals surface area contributed by atoms with Crippen molar-refractivity contribution in [2.75, 3.05) is 11.5 Å². The maximum atomic E-state index is 11.1. The van der Waals surface area contributed by atoms with Gasteiger partial charge in [0.15, 0.2) is 6.04 Å². The van der Waals surface area contributed by atoms with Crippen molar-refractivity contribution in [1.29, 1.82) is 5.41 Å². The van der Waals surface area contributed by atoms with Crippen LogP contribution in [-0.4, -0.2) is 15.7 Å². The quantitative estimate of drug-likeness (QED) is 0.598. The Morgan fingerprint density at radius 3 is 2.85 bits per heavy atom. The first-order chi connectivity index (χ1) is 6.25. The second kappa shape index (κ2) is 3.45. The van der Waals surface area contributed by atoms with Crippen molar-refractivity contribution in [2.24, 2.45) is 0 Å². The third-order valence-electron chi connectivity index (χ3n) is 2.21. The van der Waals surface area contributed by atoms with Crippen LogP contribution in [0.1, 0.15) is 18.9 Å². The van der Waals surface area contributed by atoms with Crippen LogP contribution in [0.25, 0.3) is 0 Å². The average molecular weight is 201 g/mol. The van der Waals surface area contributed by atoms with E-state index in [1.807, 2.05) is 0 Å². The fraction of sp³-hybridized carbons (Fsp3) is 0.714. The van der Waals surface area contributed by atoms with Gasteiger partial charge in [0.05, 0.1) is 0 Å². The van der Waals surface area contributed by atoms with E-state index in [4.69, 9.17) is 5.41 Å². The van der Waals surface area contributed by atoms with Gasteiger partial charge in [-0.1, -0.05) is 0 Å². The summed E-state index contributed by atoms with van der Waals surface area (Å²) < 4.78 is 17.4. The molecule has 1 fully saturated rings. The van der Waals surface area contributed by atoms with Crippen LogP contribution in [0.5, 0.6) is 0 Å². The Hall–Kier alpha value is -0.910. The lowest BCUT2D eigenvalue weighted by Crippen LogP contribution is -2.45. The predicted octanol–water partition coefficient (Wildman–Crippen LogP) is -0.913. The lowest BCUT2D eigenvalue weighted by Gasteiger charge is -2.17. The van der Waals surface area contributed by atoms with Crippen LogP contribution in [0.4, 0.5) is 0 Å². The molecule has 0 atom stereocenters. The highest BCUT2D eigenvalue weighted by Crippen LogP contribution is 2.14. The highest BCUT2D eigenvalue weighted by molar-refractivity contribution is 7.85. The van der Waals surface area contributed by atoms with Gasteiger partial charge in [-0.3, -0.25) is 14.9 Å². The van der Waals surface area contributed by atoms with E-state index < -0.39 is 10.8 Å². The molecule has 0 aromatic carbocycles. The minimum absolute atomic E-state index is 0.0756. The normalized spacial score (nSPS) is 28.9. The second-order valence-electron chi connectivity index (χ2n) is 3.13. The standard InChI is InChI=1S/C7H11N3O2S/c8-7-5-10(9-12-7)6-1-3-13(11)4-2-6/h5-6,8H,1-4H2. The van der Waals surface area contributed by atoms with E-state index in [0.29, 0.717) is 0 Å². The van der Waals surface area contributed by atoms with Gasteiger partial charge in [-0.05, 0) is 0 Å². The number of rotatable bonds is 1. The molecule has 13 heavy (non-hydrogen) atoms. The lowest BCUT2D eigenvalue weighted by molar-refractivity contribution is -0.790. The number of hydrogen-bond acceptors (Lipinski definition) is 3. The third kappa shape index (κ3) is 1.88. The van der Waals surface area contributed by atoms with Crippen molar-refractivity contribution in [2.45, 2.75) is 18.9 Å². The van der Waals surface area contributed by atoms with Crippen molar-refractivity contribution in [3.05, 3.63) is 11.8 Å². The van der Waals surface area contributed by atoms with Crippen molar-refractivity contribution < 1.29 is 13.4 Å². The van der Waals surface area contributed by atoms with E-state index in [-0.39, 0.29) is 11.6 Å². The van der Waals surface area contributed by atoms with Crippen LogP contribution in [0, 0.1) is 5.41 Å². The molecule has 0 aliphatic carbocycles. The first-order valence-electron chi connectivity index (χ1n) is 4.20. The molecule has 1 N–H and O–H groups in total. The van der Waals surface area contributed by atoms with Gasteiger partial charge >= 0.3 is 0 Å². The molecule has 0 spiro atoms. The highest BCUT2D eigenvalue weighted by atomic mass is 32.2. The molecule has 5 nitrogen and oxygen atoms in total. The average Bonchev–Trinajstić information content (AvgIpc) is 2.53. The Morgan fingerprint density at radius 2 is 2.31 bits per heavy atom. The van der Waals surface area contributed by atoms with Crippen molar-refractivity contribution in [3.63, 3.8) is 0 Å². The summed E-state index contributed by atoms with van der Waals surface area (Å²) in [6.45, 7) is 0. The topological polar surface area (TPSA) is 72.0 Å². The molecule has 1 aliphatic heterocycles. The van der Waals surface area contributed by atoms with Crippen molar-refractivity contribution in [1.82, 2.24) is 5.27 Å². The van der Waals surface area contributed by atoms with Gasteiger partial charge in [-0.2, -0.15) is 0 Å². The fourth-order valence-electron chi connectivity index (χ4n) is 1.48. The maximum Gasteiger partial charge on any atom is 0.264 e. The molecule has 6 heteroatoms. The van der Waals surface area contributed by atoms with Gasteiger partial charge in [-0.15, -0.1) is 0 Å². The number of hydrogen-bond donors (Lipinski definition) is 1. The van der Waals surface area contributed by atoms with E-state index in [0.717, 1.165) is 24.3 Å². The second-order valence-corrected chi connectivity index (χ2v) is 4.82. The molecule has 0 saturated carbocycles. The number of nitrogens with one attached hydrogen (secondary N) is 1. The van der Waals surface area contributed by atoms with Crippen LogP contribution in [0.2, 0.25) is 0 Å². The van der Waals surface area contributed by atoms with Gasteiger partial charge in [0.2, 0.25) is 6.20 Å². The summed E-state index contributed by atoms with van der Waals surface area (Å²) in [4.78, 5) is 0. The number of aromatic nitrogens is 2. The van der Waals surface area contributed by atoms with Gasteiger partial charge in [0, 0.05) is 35.1 Å². The molecular formula is C7H11N3O2S. The van der Waals surface area contributed by atoms with Crippen LogP contribution in [0.3, 0.4) is 0 Å². The van der Waals surface area contributed by atoms with Gasteiger partial charge in [0.1, 0.15) is 0 Å². The Balaban J connectivity index is 2.10. The minimum atomic E-state index is -0.646. The molecule has 1 saturated heterocycles. The van der Waals surface area contributed by atoms with Gasteiger partial charge < -0.3 is 4.52 Å². The zero-order chi connectivity index (χ0) is 9.26. The molecule has 1 aromatic rings. The third-order valence-corrected chi connectivity index (χ3v) is 3.60. The molecular weight excluding hydrogens is 190 g/mol. The highest BCUT2D eigenvalue weighted by Gasteiger charge is 2.23. The number of nitrogens with zero attached hydrogens (tertiary/aromatic N) is 2. The summed E-state index contributed by atoms with van der Waals surface area (Å²) >= 11 is 0. The molecule has 0 amide bonds. The first kappa shape index (κ1) is 8.68. The Bertz CT molecular complexity index is 360. The summed E-state index contributed by atoms with van der Waals surface area (Å²) in [5.41, 5.74) is 0.0756. The van der Waals surface area contributed by atoms with E-state index in [1.165, 1.54) is 0 Å². The van der Waals surface area contributed by atoms with E-state index in [1.54, 1.807) is 10.9 Å². The first-order valence-corrected chi connectivity index (χ1v) is 5.69. The summed E-state index contributed by atoms with van der Waals surface area (Å²) in [5.74, 6) is 1.47. The minimum Gasteiger partial charge on any atom is -0.487 e. The zero-order valence-corrected chi connectivity index (χ0v) is 7.92. The molecule has 2 rings (SSSR count). The van der Waals surface area contributed by atoms with Crippen LogP contribution < -0.4 is 15.5 Å². The lowest BCUT2D eigenvalue weighted by atomic mass is 10.2. The summed E-state index contributed by atoms with van der Waals surface area (Å²) in [5, 5.41) is 10.9. The molecule has 1 aromatic heterocycles. The molecule has 72 valence electrons. The summed E-state index contributed by atoms with van der Waals surface area (Å²) in [6, 6.07) is 0.264. The smallest absolute Gasteiger partial charge is 0.264 e. The maximum absolute atomic E-state index is 11.1. The Kier molecular flexibility index (Phi) is 2.30. The summed E-state index contributed by atoms with van der Waals surface area (Å²) in [7, 11) is -0.646. The van der Waals surface area contributed by atoms with Crippen LogP contribution >= 0.6 is 0 Å². The SMILES string of the molecule is N=c1c[n+](C2CCS(=O)CC2)[n-]o1. The molecule has 0 bridgehead atoms. The largest absolute Gasteiger partial charge is 0.487 e. The van der Waals surface area contributed by atoms with E-state index >= 15 is 0 Å². The molecule has 0 unspecified atom stereocenters. The Morgan fingerprint density at radius 1 is 1.62 bits per heavy atom. The molecule has 1 aliphatic rings. The fourth-order valence-corrected chi connectivity index (χ4v) is 2.75. The van der Waals surface area contributed by atoms with Gasteiger partial charge in [0.25, 0.3) is 5.55 Å². The summed E-state index contributed by atoms with van der Waals surface area (Å²) in [6.07, 6.45) is 3.30. The van der Waals surface area contributed by atoms with Crippen molar-refractivity contribution >= 4 is 10.8 Å². The molecule has 2 heterocycles. The van der Waals surface area contributed by atoms with E-state index in [9.17, 15) is 4.21 Å². The van der Waals surface area contributed by atoms with Crippen molar-refractivity contribution in [3.8, 4) is 0 Å². The van der Waals surface area contributed by atoms with Crippen LogP contribution in [-0.2, 0) is 10.8 Å². The molecule has 0 radical (unpaired) electrons.